The predicted octanol–water partition coefficient (Wildman–Crippen LogP) is 11.0. The highest BCUT2D eigenvalue weighted by atomic mass is 19.4. The quantitative estimate of drug-likeness (QED) is 0.0150. The maximum absolute atomic E-state index is 13.3. The van der Waals surface area contributed by atoms with E-state index >= 15 is 0 Å². The molecule has 23 nitrogen and oxygen atoms in total. The summed E-state index contributed by atoms with van der Waals surface area (Å²) in [4.78, 5) is 93.3. The van der Waals surface area contributed by atoms with E-state index in [0.29, 0.717) is 90.9 Å². The molecule has 0 unspecified atom stereocenters. The number of fused-ring (bicyclic) bond motifs is 3. The molecular weight excluding hydrogens is 1410 g/mol. The van der Waals surface area contributed by atoms with Gasteiger partial charge in [0.05, 0.1) is 56.2 Å². The van der Waals surface area contributed by atoms with Gasteiger partial charge in [-0.05, 0) is 154 Å². The summed E-state index contributed by atoms with van der Waals surface area (Å²) in [7, 11) is 6.99. The fourth-order valence-corrected chi connectivity index (χ4v) is 13.5. The Balaban J connectivity index is 0.000000161. The van der Waals surface area contributed by atoms with Crippen LogP contribution in [0.25, 0.3) is 44.0 Å². The summed E-state index contributed by atoms with van der Waals surface area (Å²) in [6.07, 6.45) is -3.78. The molecule has 3 saturated carbocycles. The molecule has 562 valence electrons. The van der Waals surface area contributed by atoms with E-state index in [4.69, 9.17) is 40.5 Å². The van der Waals surface area contributed by atoms with Crippen molar-refractivity contribution in [3.63, 3.8) is 0 Å². The number of aromatic nitrogens is 4. The van der Waals surface area contributed by atoms with E-state index in [1.54, 1.807) is 128 Å². The Hall–Kier alpha value is -11.7. The van der Waals surface area contributed by atoms with Crippen LogP contribution in [0.2, 0.25) is 0 Å². The number of hydrogen-bond donors (Lipinski definition) is 8. The molecule has 0 spiro atoms. The fraction of sp³-hybridized carbons (Fsp3) is 0.291. The summed E-state index contributed by atoms with van der Waals surface area (Å²) >= 11 is 0. The van der Waals surface area contributed by atoms with Crippen LogP contribution >= 0.6 is 0 Å². The van der Waals surface area contributed by atoms with Gasteiger partial charge in [0.25, 0.3) is 0 Å². The van der Waals surface area contributed by atoms with Crippen molar-refractivity contribution in [2.75, 3.05) is 41.3 Å². The van der Waals surface area contributed by atoms with E-state index in [1.807, 2.05) is 85.7 Å². The number of nitrogens with zero attached hydrogens (tertiary/aromatic N) is 6. The van der Waals surface area contributed by atoms with Gasteiger partial charge in [0.2, 0.25) is 35.4 Å². The zero-order chi connectivity index (χ0) is 77.3. The molecule has 108 heavy (non-hydrogen) atoms. The number of nitrogens with two attached hydrogens (primary N) is 1. The van der Waals surface area contributed by atoms with Crippen LogP contribution in [-0.4, -0.2) is 122 Å². The molecule has 0 saturated heterocycles. The number of carbonyl (C=O) groups is 6. The highest BCUT2D eigenvalue weighted by molar-refractivity contribution is 5.97. The van der Waals surface area contributed by atoms with Gasteiger partial charge in [-0.15, -0.1) is 0 Å². The number of nitrogens with one attached hydrogen (secondary N) is 4. The summed E-state index contributed by atoms with van der Waals surface area (Å²) in [5.74, 6) is -3.11. The zero-order valence-electron chi connectivity index (χ0n) is 59.0. The van der Waals surface area contributed by atoms with Crippen LogP contribution in [-0.2, 0) is 80.2 Å². The van der Waals surface area contributed by atoms with E-state index in [1.165, 1.54) is 17.0 Å². The molecule has 0 aliphatic heterocycles. The number of hydroxylamine groups is 3. The lowest BCUT2D eigenvalue weighted by Gasteiger charge is -2.21. The minimum atomic E-state index is -4.58. The molecule has 10 aromatic rings. The summed E-state index contributed by atoms with van der Waals surface area (Å²) in [5, 5.41) is 32.0. The van der Waals surface area contributed by atoms with Crippen molar-refractivity contribution >= 4 is 68.2 Å². The lowest BCUT2D eigenvalue weighted by molar-refractivity contribution is -0.141. The first-order chi connectivity index (χ1) is 51.6. The number of hydrogen-bond acceptors (Lipinski definition) is 17. The Morgan fingerprint density at radius 2 is 0.880 bits per heavy atom. The first-order valence-corrected chi connectivity index (χ1v) is 34.2. The van der Waals surface area contributed by atoms with Gasteiger partial charge in [-0.2, -0.15) is 26.3 Å². The number of carbonyl (C=O) groups excluding carboxylic acids is 6. The summed E-state index contributed by atoms with van der Waals surface area (Å²) < 4.78 is 97.5. The third-order valence-electron chi connectivity index (χ3n) is 19.6. The van der Waals surface area contributed by atoms with Gasteiger partial charge in [-0.3, -0.25) is 49.4 Å². The van der Waals surface area contributed by atoms with Crippen LogP contribution < -0.4 is 41.7 Å². The minimum absolute atomic E-state index is 0.0900. The number of primary amides is 1. The normalized spacial score (nSPS) is 19.0. The molecule has 13 rings (SSSR count). The molecule has 6 atom stereocenters. The zero-order valence-corrected chi connectivity index (χ0v) is 59.0. The first-order valence-electron chi connectivity index (χ1n) is 34.2. The van der Waals surface area contributed by atoms with Crippen molar-refractivity contribution in [3.05, 3.63) is 233 Å². The molecule has 29 heteroatoms. The predicted molar refractivity (Wildman–Crippen MR) is 383 cm³/mol. The lowest BCUT2D eigenvalue weighted by atomic mass is 9.92. The molecule has 6 amide bonds. The highest BCUT2D eigenvalue weighted by Gasteiger charge is 2.65. The molecule has 9 N–H and O–H groups in total. The van der Waals surface area contributed by atoms with E-state index < -0.39 is 81.4 Å². The largest absolute Gasteiger partial charge is 0.489 e. The van der Waals surface area contributed by atoms with Crippen molar-refractivity contribution in [3.8, 4) is 28.5 Å². The van der Waals surface area contributed by atoms with Crippen LogP contribution in [0.5, 0.6) is 17.2 Å². The van der Waals surface area contributed by atoms with Gasteiger partial charge in [0.15, 0.2) is 0 Å². The summed E-state index contributed by atoms with van der Waals surface area (Å²) in [6.45, 7) is 1.23. The maximum Gasteiger partial charge on any atom is 0.433 e. The number of amides is 6. The Labute approximate surface area is 615 Å². The summed E-state index contributed by atoms with van der Waals surface area (Å²) in [5.41, 5.74) is 12.9. The number of halogens is 6. The number of para-hydroxylation sites is 3. The highest BCUT2D eigenvalue weighted by Crippen LogP contribution is 2.57. The Kier molecular flexibility index (Phi) is 23.4. The second-order valence-corrected chi connectivity index (χ2v) is 27.4. The smallest absolute Gasteiger partial charge is 0.433 e. The number of benzene rings is 6. The second-order valence-electron chi connectivity index (χ2n) is 27.4. The van der Waals surface area contributed by atoms with Crippen LogP contribution in [0.4, 0.5) is 26.3 Å². The number of likely N-dealkylation sites (N-methyl/N-ethyl adjacent to an activating group) is 1. The van der Waals surface area contributed by atoms with Crippen molar-refractivity contribution < 1.29 is 84.9 Å². The second kappa shape index (κ2) is 32.6. The monoisotopic (exact) mass is 1490 g/mol. The van der Waals surface area contributed by atoms with E-state index in [-0.39, 0.29) is 42.5 Å². The van der Waals surface area contributed by atoms with E-state index in [9.17, 15) is 55.1 Å². The first kappa shape index (κ1) is 77.4. The van der Waals surface area contributed by atoms with Gasteiger partial charge in [0.1, 0.15) is 48.5 Å². The number of pyridine rings is 4. The maximum atomic E-state index is 13.3. The SMILES string of the molecule is CN(C)C(=O)[C@@]1(Cc2ccc(OCc3cc(C(F)(F)F)nc4ccccc34)cc2)C[C@@H]1C(=O)NO.CN(C)CCNC(=O)[C@@]1(Cc2ccc(OCc3cc(C(F)(F)F)nc4ccccc34)cc2)C[C@@H]1C(=O)NO.NC(=O)[C@@]1(Cc2ccc(OCc3cc(-c4cccnc4)nc4ccccc34)cc2)C[C@@H]1C(=O)NO. The molecule has 4 aromatic heterocycles. The molecule has 3 fully saturated rings. The molecule has 0 radical (unpaired) electrons. The average molecular weight is 1490 g/mol. The average Bonchev–Trinajstić information content (AvgIpc) is 1.59. The fourth-order valence-electron chi connectivity index (χ4n) is 13.5. The Bertz CT molecular complexity index is 4950. The van der Waals surface area contributed by atoms with Crippen LogP contribution in [0.15, 0.2) is 188 Å². The van der Waals surface area contributed by atoms with E-state index in [2.05, 4.69) is 20.3 Å². The standard InChI is InChI=1S/C27H29F3N4O4.C27H24N4O4.C25H24F3N3O4/c1-34(2)12-11-31-25(36)26(15-21(26)24(35)33-37)14-17-7-9-19(10-8-17)38-16-18-13-23(27(28,29)30)32-22-6-4-3-5-20(18)22;28-26(33)27(14-22(27)25(32)31-34)13-17-7-9-20(10-8-17)35-16-19-12-24(18-4-3-11-29-15-18)30-23-6-2-1-5-21(19)23;1-31(2)23(33)24(13-19(24)22(32)30-34)12-15-7-9-17(10-8-15)35-14-16-11-21(25(26,27)28)29-20-6-4-3-5-18(16)20/h3-10,13,21,37H,11-12,14-16H2,1-2H3,(H,31,36)(H,33,35);1-12,15,22,34H,13-14,16H2,(H2,28,33)(H,31,32);3-11,19,34H,12-14H2,1-2H3,(H,30,32)/t21-,26+;22-,27+;19-,24+/m111/s1. The molecule has 3 aliphatic rings. The molecule has 6 aromatic carbocycles. The molecular formula is C79H77F6N11O12. The van der Waals surface area contributed by atoms with Crippen LogP contribution in [0, 0.1) is 34.0 Å². The lowest BCUT2D eigenvalue weighted by Crippen LogP contribution is -2.40. The van der Waals surface area contributed by atoms with Crippen molar-refractivity contribution in [1.29, 1.82) is 0 Å². The van der Waals surface area contributed by atoms with E-state index in [0.717, 1.165) is 56.5 Å². The Morgan fingerprint density at radius 1 is 0.500 bits per heavy atom. The third kappa shape index (κ3) is 17.9. The minimum Gasteiger partial charge on any atom is -0.489 e. The van der Waals surface area contributed by atoms with Crippen molar-refractivity contribution in [2.24, 2.45) is 39.7 Å². The number of alkyl halides is 6. The van der Waals surface area contributed by atoms with Gasteiger partial charge in [0, 0.05) is 78.0 Å². The Morgan fingerprint density at radius 3 is 1.28 bits per heavy atom. The van der Waals surface area contributed by atoms with Gasteiger partial charge in [-0.1, -0.05) is 91.0 Å². The molecule has 0 bridgehead atoms. The van der Waals surface area contributed by atoms with Crippen LogP contribution in [0.3, 0.4) is 0 Å². The summed E-state index contributed by atoms with van der Waals surface area (Å²) in [6, 6.07) is 50.0. The van der Waals surface area contributed by atoms with Gasteiger partial charge in [-0.25, -0.2) is 31.4 Å². The molecule has 3 aliphatic carbocycles. The van der Waals surface area contributed by atoms with Crippen molar-refractivity contribution in [2.45, 2.75) is 70.7 Å². The topological polar surface area (TPSA) is 323 Å². The number of rotatable bonds is 25. The van der Waals surface area contributed by atoms with Crippen LogP contribution in [0.1, 0.15) is 64.0 Å². The van der Waals surface area contributed by atoms with Gasteiger partial charge < -0.3 is 35.1 Å². The molecule has 4 heterocycles. The number of ether oxygens (including phenoxy) is 3. The third-order valence-corrected chi connectivity index (χ3v) is 19.6. The van der Waals surface area contributed by atoms with Gasteiger partial charge >= 0.3 is 12.4 Å². The van der Waals surface area contributed by atoms with Crippen molar-refractivity contribution in [1.82, 2.24) is 51.5 Å².